The van der Waals surface area contributed by atoms with Gasteiger partial charge in [0.2, 0.25) is 0 Å². The smallest absolute Gasteiger partial charge is 0.317 e. The number of urea groups is 1. The minimum atomic E-state index is -0.315. The number of nitrogens with one attached hydrogen (secondary N) is 2. The van der Waals surface area contributed by atoms with Crippen molar-refractivity contribution in [3.63, 3.8) is 0 Å². The van der Waals surface area contributed by atoms with E-state index in [-0.39, 0.29) is 18.9 Å². The first-order chi connectivity index (χ1) is 11.7. The first kappa shape index (κ1) is 16.0. The number of rotatable bonds is 5. The first-order valence-corrected chi connectivity index (χ1v) is 7.80. The van der Waals surface area contributed by atoms with E-state index in [1.165, 1.54) is 0 Å². The van der Waals surface area contributed by atoms with Gasteiger partial charge >= 0.3 is 6.03 Å². The molecule has 6 heteroatoms. The van der Waals surface area contributed by atoms with Crippen molar-refractivity contribution in [1.29, 1.82) is 0 Å². The van der Waals surface area contributed by atoms with E-state index in [0.717, 1.165) is 11.3 Å². The van der Waals surface area contributed by atoms with Gasteiger partial charge in [-0.1, -0.05) is 29.8 Å². The summed E-state index contributed by atoms with van der Waals surface area (Å²) in [5.74, 6) is 2.13. The van der Waals surface area contributed by atoms with Crippen LogP contribution in [0.15, 0.2) is 48.5 Å². The highest BCUT2D eigenvalue weighted by atomic mass is 16.6. The molecule has 0 spiro atoms. The van der Waals surface area contributed by atoms with Gasteiger partial charge in [0, 0.05) is 0 Å². The average molecular weight is 328 g/mol. The second-order valence-electron chi connectivity index (χ2n) is 5.49. The van der Waals surface area contributed by atoms with Crippen LogP contribution in [0.4, 0.5) is 4.79 Å². The van der Waals surface area contributed by atoms with Crippen molar-refractivity contribution in [2.45, 2.75) is 13.0 Å². The molecule has 0 bridgehead atoms. The molecule has 3 rings (SSSR count). The molecule has 0 radical (unpaired) electrons. The summed E-state index contributed by atoms with van der Waals surface area (Å²) >= 11 is 0. The van der Waals surface area contributed by atoms with Crippen LogP contribution >= 0.6 is 0 Å². The van der Waals surface area contributed by atoms with Crippen molar-refractivity contribution in [3.8, 4) is 17.2 Å². The van der Waals surface area contributed by atoms with Gasteiger partial charge in [0.15, 0.2) is 24.3 Å². The molecule has 0 saturated heterocycles. The molecular formula is C18H20N2O4. The molecule has 0 aliphatic carbocycles. The Morgan fingerprint density at radius 1 is 1.12 bits per heavy atom. The zero-order chi connectivity index (χ0) is 16.8. The van der Waals surface area contributed by atoms with Gasteiger partial charge in [0.25, 0.3) is 0 Å². The molecule has 2 aromatic carbocycles. The van der Waals surface area contributed by atoms with Crippen LogP contribution in [0.3, 0.4) is 0 Å². The van der Waals surface area contributed by atoms with Gasteiger partial charge in [-0.3, -0.25) is 0 Å². The second kappa shape index (κ2) is 7.59. The maximum atomic E-state index is 11.8. The Morgan fingerprint density at radius 3 is 2.67 bits per heavy atom. The summed E-state index contributed by atoms with van der Waals surface area (Å²) in [6.07, 6.45) is -0.219. The van der Waals surface area contributed by atoms with Crippen molar-refractivity contribution in [2.75, 3.05) is 19.9 Å². The summed E-state index contributed by atoms with van der Waals surface area (Å²) in [6, 6.07) is 14.8. The lowest BCUT2D eigenvalue weighted by Gasteiger charge is -2.26. The lowest BCUT2D eigenvalue weighted by atomic mass is 10.2. The zero-order valence-electron chi connectivity index (χ0n) is 13.5. The Kier molecular flexibility index (Phi) is 5.05. The summed E-state index contributed by atoms with van der Waals surface area (Å²) in [5.41, 5.74) is 1.16. The molecule has 1 aliphatic rings. The normalized spacial score (nSPS) is 15.5. The molecule has 2 aromatic rings. The van der Waals surface area contributed by atoms with Gasteiger partial charge in [0.05, 0.1) is 6.54 Å². The minimum absolute atomic E-state index is 0.0970. The Hall–Kier alpha value is -2.89. The Balaban J connectivity index is 1.36. The number of carbonyl (C=O) groups is 1. The van der Waals surface area contributed by atoms with Crippen molar-refractivity contribution >= 4 is 6.03 Å². The number of hydrogen-bond donors (Lipinski definition) is 2. The standard InChI is InChI=1S/C18H20N2O4/c1-13-6-8-14(9-7-13)23-12-20-18(21)19-10-15-11-22-16-4-2-3-5-17(16)24-15/h2-9,15H,10-12H2,1H3,(H2,19,20,21). The number of ether oxygens (including phenoxy) is 3. The van der Waals surface area contributed by atoms with Gasteiger partial charge in [-0.2, -0.15) is 0 Å². The quantitative estimate of drug-likeness (QED) is 0.828. The lowest BCUT2D eigenvalue weighted by molar-refractivity contribution is 0.0915. The molecule has 24 heavy (non-hydrogen) atoms. The highest BCUT2D eigenvalue weighted by molar-refractivity contribution is 5.73. The third kappa shape index (κ3) is 4.32. The topological polar surface area (TPSA) is 68.8 Å². The van der Waals surface area contributed by atoms with Gasteiger partial charge < -0.3 is 24.8 Å². The summed E-state index contributed by atoms with van der Waals surface area (Å²) < 4.78 is 16.8. The lowest BCUT2D eigenvalue weighted by Crippen LogP contribution is -2.45. The molecular weight excluding hydrogens is 308 g/mol. The molecule has 0 fully saturated rings. The molecule has 2 amide bonds. The summed E-state index contributed by atoms with van der Waals surface area (Å²) in [4.78, 5) is 11.8. The molecule has 1 unspecified atom stereocenters. The first-order valence-electron chi connectivity index (χ1n) is 7.80. The van der Waals surface area contributed by atoms with Crippen molar-refractivity contribution in [2.24, 2.45) is 0 Å². The molecule has 126 valence electrons. The maximum absolute atomic E-state index is 11.8. The average Bonchev–Trinajstić information content (AvgIpc) is 2.61. The van der Waals surface area contributed by atoms with E-state index in [1.54, 1.807) is 0 Å². The van der Waals surface area contributed by atoms with Crippen molar-refractivity contribution < 1.29 is 19.0 Å². The molecule has 1 heterocycles. The summed E-state index contributed by atoms with van der Waals surface area (Å²) in [7, 11) is 0. The fraction of sp³-hybridized carbons (Fsp3) is 0.278. The number of hydrogen-bond acceptors (Lipinski definition) is 4. The van der Waals surface area contributed by atoms with Crippen LogP contribution in [0, 0.1) is 6.92 Å². The number of para-hydroxylation sites is 2. The van der Waals surface area contributed by atoms with E-state index in [2.05, 4.69) is 10.6 Å². The van der Waals surface area contributed by atoms with Crippen LogP contribution < -0.4 is 24.8 Å². The Morgan fingerprint density at radius 2 is 1.88 bits per heavy atom. The Bertz CT molecular complexity index is 688. The SMILES string of the molecule is Cc1ccc(OCNC(=O)NCC2COc3ccccc3O2)cc1. The predicted molar refractivity (Wildman–Crippen MR) is 89.6 cm³/mol. The second-order valence-corrected chi connectivity index (χ2v) is 5.49. The van der Waals surface area contributed by atoms with Crippen molar-refractivity contribution in [1.82, 2.24) is 10.6 Å². The maximum Gasteiger partial charge on any atom is 0.317 e. The number of amides is 2. The number of aryl methyl sites for hydroxylation is 1. The summed E-state index contributed by atoms with van der Waals surface area (Å²) in [6.45, 7) is 2.85. The molecule has 1 aliphatic heterocycles. The molecule has 0 aromatic heterocycles. The van der Waals surface area contributed by atoms with Crippen molar-refractivity contribution in [3.05, 3.63) is 54.1 Å². The molecule has 1 atom stereocenters. The van der Waals surface area contributed by atoms with E-state index in [1.807, 2.05) is 55.5 Å². The van der Waals surface area contributed by atoms with Gasteiger partial charge in [-0.25, -0.2) is 4.79 Å². The van der Waals surface area contributed by atoms with Gasteiger partial charge in [0.1, 0.15) is 12.4 Å². The Labute approximate surface area is 140 Å². The molecule has 2 N–H and O–H groups in total. The third-order valence-corrected chi connectivity index (χ3v) is 3.55. The summed E-state index contributed by atoms with van der Waals surface area (Å²) in [5, 5.41) is 5.38. The highest BCUT2D eigenvalue weighted by Crippen LogP contribution is 2.30. The fourth-order valence-corrected chi connectivity index (χ4v) is 2.25. The highest BCUT2D eigenvalue weighted by Gasteiger charge is 2.20. The fourth-order valence-electron chi connectivity index (χ4n) is 2.25. The zero-order valence-corrected chi connectivity index (χ0v) is 13.5. The van der Waals surface area contributed by atoms with Crippen LogP contribution in [-0.4, -0.2) is 32.0 Å². The number of carbonyl (C=O) groups excluding carboxylic acids is 1. The van der Waals surface area contributed by atoms with E-state index in [9.17, 15) is 4.79 Å². The van der Waals surface area contributed by atoms with Crippen LogP contribution in [-0.2, 0) is 0 Å². The van der Waals surface area contributed by atoms with E-state index in [4.69, 9.17) is 14.2 Å². The molecule has 6 nitrogen and oxygen atoms in total. The van der Waals surface area contributed by atoms with Gasteiger partial charge in [-0.05, 0) is 31.2 Å². The van der Waals surface area contributed by atoms with E-state index >= 15 is 0 Å². The monoisotopic (exact) mass is 328 g/mol. The van der Waals surface area contributed by atoms with Crippen LogP contribution in [0.1, 0.15) is 5.56 Å². The van der Waals surface area contributed by atoms with Crippen LogP contribution in [0.25, 0.3) is 0 Å². The minimum Gasteiger partial charge on any atom is -0.486 e. The van der Waals surface area contributed by atoms with E-state index < -0.39 is 0 Å². The third-order valence-electron chi connectivity index (χ3n) is 3.55. The largest absolute Gasteiger partial charge is 0.486 e. The molecule has 0 saturated carbocycles. The number of fused-ring (bicyclic) bond motifs is 1. The van der Waals surface area contributed by atoms with Crippen LogP contribution in [0.5, 0.6) is 17.2 Å². The van der Waals surface area contributed by atoms with Gasteiger partial charge in [-0.15, -0.1) is 0 Å². The number of benzene rings is 2. The predicted octanol–water partition coefficient (Wildman–Crippen LogP) is 2.47. The van der Waals surface area contributed by atoms with E-state index in [0.29, 0.717) is 24.7 Å². The van der Waals surface area contributed by atoms with Crippen LogP contribution in [0.2, 0.25) is 0 Å².